The standard InChI is InChI=1S/C10H14N.Y/c1-4-7-11-8-9(2)5-6-10(11)3;/h5-6H,3-4,7H2,1-2H3;/q-1;. The Morgan fingerprint density at radius 1 is 1.50 bits per heavy atom. The SMILES string of the molecule is C=C1C=CC(C)=[C-]N1CCC.[Y]. The molecule has 0 spiro atoms. The maximum Gasteiger partial charge on any atom is 0 e. The summed E-state index contributed by atoms with van der Waals surface area (Å²) in [6.45, 7) is 9.13. The molecule has 0 saturated carbocycles. The Bertz CT molecular complexity index is 216. The second-order valence-electron chi connectivity index (χ2n) is 2.77. The van der Waals surface area contributed by atoms with Gasteiger partial charge in [-0.25, -0.2) is 0 Å². The minimum Gasteiger partial charge on any atom is -0.456 e. The Balaban J connectivity index is 0.00000121. The average Bonchev–Trinajstić information content (AvgIpc) is 1.98. The molecule has 0 saturated heterocycles. The summed E-state index contributed by atoms with van der Waals surface area (Å²) in [7, 11) is 0. The maximum atomic E-state index is 3.91. The van der Waals surface area contributed by atoms with Gasteiger partial charge in [0.1, 0.15) is 0 Å². The van der Waals surface area contributed by atoms with Crippen molar-refractivity contribution in [1.29, 1.82) is 0 Å². The molecule has 0 aromatic heterocycles. The quantitative estimate of drug-likeness (QED) is 0.667. The van der Waals surface area contributed by atoms with Gasteiger partial charge in [0.2, 0.25) is 0 Å². The van der Waals surface area contributed by atoms with Gasteiger partial charge in [0.15, 0.2) is 0 Å². The van der Waals surface area contributed by atoms with Crippen molar-refractivity contribution in [2.45, 2.75) is 20.3 Å². The first-order valence-electron chi connectivity index (χ1n) is 3.98. The molecule has 1 heterocycles. The molecule has 0 aromatic rings. The maximum absolute atomic E-state index is 3.91. The molecule has 1 radical (unpaired) electrons. The summed E-state index contributed by atoms with van der Waals surface area (Å²) >= 11 is 0. The topological polar surface area (TPSA) is 3.24 Å². The molecule has 1 nitrogen and oxygen atoms in total. The zero-order chi connectivity index (χ0) is 8.27. The third kappa shape index (κ3) is 3.24. The van der Waals surface area contributed by atoms with Crippen LogP contribution in [0.15, 0.2) is 30.0 Å². The van der Waals surface area contributed by atoms with E-state index >= 15 is 0 Å². The fourth-order valence-electron chi connectivity index (χ4n) is 1.06. The van der Waals surface area contributed by atoms with Crippen LogP contribution in [0.4, 0.5) is 0 Å². The van der Waals surface area contributed by atoms with Crippen LogP contribution in [-0.2, 0) is 32.7 Å². The normalized spacial score (nSPS) is 15.7. The predicted molar refractivity (Wildman–Crippen MR) is 47.7 cm³/mol. The number of hydrogen-bond donors (Lipinski definition) is 0. The molecule has 12 heavy (non-hydrogen) atoms. The predicted octanol–water partition coefficient (Wildman–Crippen LogP) is 2.49. The summed E-state index contributed by atoms with van der Waals surface area (Å²) in [5.41, 5.74) is 2.21. The molecule has 2 heteroatoms. The Morgan fingerprint density at radius 3 is 2.75 bits per heavy atom. The van der Waals surface area contributed by atoms with Gasteiger partial charge >= 0.3 is 0 Å². The minimum atomic E-state index is 0. The zero-order valence-corrected chi connectivity index (χ0v) is 10.6. The summed E-state index contributed by atoms with van der Waals surface area (Å²) in [5, 5.41) is 0. The van der Waals surface area contributed by atoms with E-state index in [9.17, 15) is 0 Å². The molecule has 1 aliphatic rings. The van der Waals surface area contributed by atoms with E-state index in [1.54, 1.807) is 0 Å². The average molecular weight is 237 g/mol. The Kier molecular flexibility index (Phi) is 5.77. The first-order chi connectivity index (χ1) is 5.24. The van der Waals surface area contributed by atoms with Gasteiger partial charge in [-0.2, -0.15) is 6.08 Å². The van der Waals surface area contributed by atoms with E-state index in [4.69, 9.17) is 0 Å². The van der Waals surface area contributed by atoms with Crippen molar-refractivity contribution < 1.29 is 32.7 Å². The molecule has 0 aliphatic carbocycles. The molecule has 0 aromatic carbocycles. The molecular formula is C10H14NY-. The van der Waals surface area contributed by atoms with Gasteiger partial charge in [-0.05, 0) is 13.0 Å². The van der Waals surface area contributed by atoms with Crippen LogP contribution in [0.1, 0.15) is 20.3 Å². The van der Waals surface area contributed by atoms with Crippen molar-refractivity contribution in [3.05, 3.63) is 36.2 Å². The van der Waals surface area contributed by atoms with Gasteiger partial charge in [0.05, 0.1) is 0 Å². The van der Waals surface area contributed by atoms with Gasteiger partial charge in [-0.3, -0.25) is 0 Å². The van der Waals surface area contributed by atoms with Gasteiger partial charge < -0.3 is 4.90 Å². The summed E-state index contributed by atoms with van der Waals surface area (Å²) in [5.74, 6) is 0. The molecular weight excluding hydrogens is 223 g/mol. The molecule has 63 valence electrons. The molecule has 0 amide bonds. The number of rotatable bonds is 2. The number of hydrogen-bond acceptors (Lipinski definition) is 1. The molecule has 1 aliphatic heterocycles. The summed E-state index contributed by atoms with van der Waals surface area (Å²) in [6, 6.07) is 0. The number of nitrogens with zero attached hydrogens (tertiary/aromatic N) is 1. The monoisotopic (exact) mass is 237 g/mol. The van der Waals surface area contributed by atoms with Crippen molar-refractivity contribution in [3.8, 4) is 0 Å². The van der Waals surface area contributed by atoms with Crippen LogP contribution >= 0.6 is 0 Å². The fourth-order valence-corrected chi connectivity index (χ4v) is 1.06. The first kappa shape index (κ1) is 12.1. The largest absolute Gasteiger partial charge is 0.456 e. The third-order valence-electron chi connectivity index (χ3n) is 1.63. The Labute approximate surface area is 100 Å². The van der Waals surface area contributed by atoms with Gasteiger partial charge in [-0.15, -0.1) is 18.2 Å². The van der Waals surface area contributed by atoms with E-state index in [0.717, 1.165) is 18.7 Å². The second-order valence-corrected chi connectivity index (χ2v) is 2.77. The van der Waals surface area contributed by atoms with E-state index in [-0.39, 0.29) is 32.7 Å². The van der Waals surface area contributed by atoms with Crippen molar-refractivity contribution >= 4 is 0 Å². The van der Waals surface area contributed by atoms with Crippen molar-refractivity contribution in [2.24, 2.45) is 0 Å². The van der Waals surface area contributed by atoms with E-state index in [2.05, 4.69) is 24.6 Å². The van der Waals surface area contributed by atoms with Crippen LogP contribution < -0.4 is 0 Å². The summed E-state index contributed by atoms with van der Waals surface area (Å²) in [6.07, 6.45) is 8.43. The Hall–Kier alpha value is 0.124. The summed E-state index contributed by atoms with van der Waals surface area (Å²) in [4.78, 5) is 2.06. The smallest absolute Gasteiger partial charge is 0 e. The Morgan fingerprint density at radius 2 is 2.17 bits per heavy atom. The van der Waals surface area contributed by atoms with Crippen LogP contribution in [0.2, 0.25) is 0 Å². The fraction of sp³-hybridized carbons (Fsp3) is 0.400. The molecule has 0 unspecified atom stereocenters. The van der Waals surface area contributed by atoms with Crippen molar-refractivity contribution in [3.63, 3.8) is 0 Å². The minimum absolute atomic E-state index is 0. The second kappa shape index (κ2) is 5.72. The molecule has 0 atom stereocenters. The molecule has 0 fully saturated rings. The van der Waals surface area contributed by atoms with Crippen LogP contribution in [-0.4, -0.2) is 11.4 Å². The van der Waals surface area contributed by atoms with Crippen LogP contribution in [0.3, 0.4) is 0 Å². The molecule has 0 N–H and O–H groups in total. The number of allylic oxidation sites excluding steroid dienone is 3. The van der Waals surface area contributed by atoms with E-state index in [0.29, 0.717) is 0 Å². The molecule has 1 rings (SSSR count). The first-order valence-corrected chi connectivity index (χ1v) is 3.98. The van der Waals surface area contributed by atoms with Crippen LogP contribution in [0.5, 0.6) is 0 Å². The van der Waals surface area contributed by atoms with Crippen molar-refractivity contribution in [2.75, 3.05) is 6.54 Å². The van der Waals surface area contributed by atoms with Gasteiger partial charge in [-0.1, -0.05) is 25.7 Å². The zero-order valence-electron chi connectivity index (χ0n) is 7.80. The summed E-state index contributed by atoms with van der Waals surface area (Å²) < 4.78 is 0. The van der Waals surface area contributed by atoms with Gasteiger partial charge in [0, 0.05) is 32.7 Å². The van der Waals surface area contributed by atoms with Crippen LogP contribution in [0.25, 0.3) is 0 Å². The van der Waals surface area contributed by atoms with E-state index in [1.165, 1.54) is 5.57 Å². The van der Waals surface area contributed by atoms with Crippen LogP contribution in [0, 0.1) is 6.20 Å². The van der Waals surface area contributed by atoms with E-state index in [1.807, 2.05) is 19.1 Å². The van der Waals surface area contributed by atoms with Crippen molar-refractivity contribution in [1.82, 2.24) is 4.90 Å². The molecule has 0 bridgehead atoms. The third-order valence-corrected chi connectivity index (χ3v) is 1.63. The van der Waals surface area contributed by atoms with E-state index < -0.39 is 0 Å². The van der Waals surface area contributed by atoms with Gasteiger partial charge in [0.25, 0.3) is 0 Å².